The highest BCUT2D eigenvalue weighted by atomic mass is 79.9. The van der Waals surface area contributed by atoms with E-state index in [-0.39, 0.29) is 5.91 Å². The second-order valence-corrected chi connectivity index (χ2v) is 6.31. The number of benzene rings is 3. The van der Waals surface area contributed by atoms with Gasteiger partial charge in [0.25, 0.3) is 5.91 Å². The van der Waals surface area contributed by atoms with Crippen molar-refractivity contribution in [1.82, 2.24) is 0 Å². The maximum Gasteiger partial charge on any atom is 0.255 e. The van der Waals surface area contributed by atoms with Crippen LogP contribution in [0.1, 0.15) is 15.9 Å². The third-order valence-electron chi connectivity index (χ3n) is 3.65. The van der Waals surface area contributed by atoms with Crippen LogP contribution in [0.25, 0.3) is 0 Å². The van der Waals surface area contributed by atoms with Gasteiger partial charge in [-0.25, -0.2) is 0 Å². The molecule has 0 spiro atoms. The van der Waals surface area contributed by atoms with Crippen LogP contribution >= 0.6 is 15.9 Å². The summed E-state index contributed by atoms with van der Waals surface area (Å²) >= 11 is 3.45. The van der Waals surface area contributed by atoms with E-state index >= 15 is 0 Å². The van der Waals surface area contributed by atoms with Gasteiger partial charge in [0.15, 0.2) is 0 Å². The first-order valence-corrected chi connectivity index (χ1v) is 8.41. The van der Waals surface area contributed by atoms with Gasteiger partial charge in [-0.2, -0.15) is 0 Å². The Labute approximate surface area is 149 Å². The highest BCUT2D eigenvalue weighted by Crippen LogP contribution is 2.26. The van der Waals surface area contributed by atoms with E-state index in [1.165, 1.54) is 0 Å². The van der Waals surface area contributed by atoms with Gasteiger partial charge in [0.05, 0.1) is 11.4 Å². The van der Waals surface area contributed by atoms with Gasteiger partial charge in [-0.3, -0.25) is 4.79 Å². The molecule has 0 radical (unpaired) electrons. The summed E-state index contributed by atoms with van der Waals surface area (Å²) in [6, 6.07) is 23.1. The molecule has 0 unspecified atom stereocenters. The largest absolute Gasteiger partial charge is 0.354 e. The Morgan fingerprint density at radius 2 is 1.54 bits per heavy atom. The molecule has 2 N–H and O–H groups in total. The Morgan fingerprint density at radius 1 is 0.875 bits per heavy atom. The van der Waals surface area contributed by atoms with Crippen molar-refractivity contribution < 1.29 is 4.79 Å². The van der Waals surface area contributed by atoms with Crippen molar-refractivity contribution in [2.24, 2.45) is 0 Å². The molecule has 0 aliphatic rings. The first-order valence-electron chi connectivity index (χ1n) is 7.62. The first-order chi connectivity index (χ1) is 11.6. The molecule has 1 amide bonds. The fraction of sp³-hybridized carbons (Fsp3) is 0.0500. The van der Waals surface area contributed by atoms with Crippen molar-refractivity contribution in [3.8, 4) is 0 Å². The zero-order chi connectivity index (χ0) is 16.9. The molecule has 3 aromatic carbocycles. The number of rotatable bonds is 4. The summed E-state index contributed by atoms with van der Waals surface area (Å²) in [4.78, 5) is 12.5. The molecule has 3 rings (SSSR count). The zero-order valence-corrected chi connectivity index (χ0v) is 14.8. The van der Waals surface area contributed by atoms with Crippen LogP contribution in [0.5, 0.6) is 0 Å². The Morgan fingerprint density at radius 3 is 2.25 bits per heavy atom. The summed E-state index contributed by atoms with van der Waals surface area (Å²) in [5.41, 5.74) is 4.22. The second-order valence-electron chi connectivity index (χ2n) is 5.45. The van der Waals surface area contributed by atoms with Crippen LogP contribution in [-0.2, 0) is 0 Å². The standard InChI is InChI=1S/C20H17BrN2O/c1-14-13-15(11-12-17(14)21)20(24)23-19-10-6-5-9-18(19)22-16-7-3-2-4-8-16/h2-13,22H,1H3,(H,23,24). The minimum atomic E-state index is -0.132. The fourth-order valence-electron chi connectivity index (χ4n) is 2.36. The molecule has 4 heteroatoms. The van der Waals surface area contributed by atoms with Gasteiger partial charge in [-0.05, 0) is 55.0 Å². The molecular formula is C20H17BrN2O. The smallest absolute Gasteiger partial charge is 0.255 e. The van der Waals surface area contributed by atoms with Gasteiger partial charge in [0.2, 0.25) is 0 Å². The number of halogens is 1. The van der Waals surface area contributed by atoms with Crippen LogP contribution < -0.4 is 10.6 Å². The number of nitrogens with one attached hydrogen (secondary N) is 2. The lowest BCUT2D eigenvalue weighted by Crippen LogP contribution is -2.13. The molecule has 0 heterocycles. The fourth-order valence-corrected chi connectivity index (χ4v) is 2.61. The normalized spacial score (nSPS) is 10.2. The van der Waals surface area contributed by atoms with E-state index in [1.54, 1.807) is 6.07 Å². The average Bonchev–Trinajstić information content (AvgIpc) is 2.60. The van der Waals surface area contributed by atoms with Crippen LogP contribution in [0.4, 0.5) is 17.1 Å². The molecule has 0 aromatic heterocycles. The van der Waals surface area contributed by atoms with Crippen molar-refractivity contribution in [2.75, 3.05) is 10.6 Å². The SMILES string of the molecule is Cc1cc(C(=O)Nc2ccccc2Nc2ccccc2)ccc1Br. The van der Waals surface area contributed by atoms with E-state index in [0.29, 0.717) is 5.56 Å². The number of carbonyl (C=O) groups excluding carboxylic acids is 1. The molecule has 24 heavy (non-hydrogen) atoms. The number of para-hydroxylation sites is 3. The van der Waals surface area contributed by atoms with Crippen LogP contribution in [-0.4, -0.2) is 5.91 Å². The van der Waals surface area contributed by atoms with Crippen LogP contribution in [0.15, 0.2) is 77.3 Å². The van der Waals surface area contributed by atoms with Gasteiger partial charge in [-0.15, -0.1) is 0 Å². The van der Waals surface area contributed by atoms with Gasteiger partial charge in [0.1, 0.15) is 0 Å². The summed E-state index contributed by atoms with van der Waals surface area (Å²) in [5, 5.41) is 6.30. The predicted molar refractivity (Wildman–Crippen MR) is 103 cm³/mol. The Balaban J connectivity index is 1.82. The lowest BCUT2D eigenvalue weighted by atomic mass is 10.1. The summed E-state index contributed by atoms with van der Waals surface area (Å²) < 4.78 is 0.991. The monoisotopic (exact) mass is 380 g/mol. The molecular weight excluding hydrogens is 364 g/mol. The Kier molecular flexibility index (Phi) is 4.96. The minimum Gasteiger partial charge on any atom is -0.354 e. The summed E-state index contributed by atoms with van der Waals surface area (Å²) in [6.07, 6.45) is 0. The molecule has 0 saturated heterocycles. The lowest BCUT2D eigenvalue weighted by molar-refractivity contribution is 0.102. The number of aryl methyl sites for hydroxylation is 1. The Hall–Kier alpha value is -2.59. The van der Waals surface area contributed by atoms with Gasteiger partial charge >= 0.3 is 0 Å². The average molecular weight is 381 g/mol. The van der Waals surface area contributed by atoms with E-state index in [1.807, 2.05) is 73.7 Å². The molecule has 0 atom stereocenters. The maximum absolute atomic E-state index is 12.5. The van der Waals surface area contributed by atoms with E-state index in [0.717, 1.165) is 27.1 Å². The molecule has 0 bridgehead atoms. The molecule has 0 aliphatic carbocycles. The lowest BCUT2D eigenvalue weighted by Gasteiger charge is -2.13. The minimum absolute atomic E-state index is 0.132. The molecule has 3 aromatic rings. The summed E-state index contributed by atoms with van der Waals surface area (Å²) in [7, 11) is 0. The molecule has 3 nitrogen and oxygen atoms in total. The van der Waals surface area contributed by atoms with Crippen molar-refractivity contribution >= 4 is 38.9 Å². The molecule has 120 valence electrons. The topological polar surface area (TPSA) is 41.1 Å². The number of carbonyl (C=O) groups is 1. The van der Waals surface area contributed by atoms with Gasteiger partial charge in [0, 0.05) is 15.7 Å². The predicted octanol–water partition coefficient (Wildman–Crippen LogP) is 5.75. The van der Waals surface area contributed by atoms with Crippen molar-refractivity contribution in [1.29, 1.82) is 0 Å². The highest BCUT2D eigenvalue weighted by molar-refractivity contribution is 9.10. The molecule has 0 fully saturated rings. The number of hydrogen-bond acceptors (Lipinski definition) is 2. The van der Waals surface area contributed by atoms with Gasteiger partial charge in [-0.1, -0.05) is 46.3 Å². The van der Waals surface area contributed by atoms with Crippen LogP contribution in [0.2, 0.25) is 0 Å². The van der Waals surface area contributed by atoms with E-state index in [2.05, 4.69) is 26.6 Å². The van der Waals surface area contributed by atoms with E-state index in [9.17, 15) is 4.79 Å². The molecule has 0 aliphatic heterocycles. The van der Waals surface area contributed by atoms with E-state index in [4.69, 9.17) is 0 Å². The van der Waals surface area contributed by atoms with Crippen LogP contribution in [0, 0.1) is 6.92 Å². The third-order valence-corrected chi connectivity index (χ3v) is 4.54. The second kappa shape index (κ2) is 7.32. The van der Waals surface area contributed by atoms with Gasteiger partial charge < -0.3 is 10.6 Å². The van der Waals surface area contributed by atoms with Crippen molar-refractivity contribution in [3.05, 3.63) is 88.4 Å². The Bertz CT molecular complexity index is 863. The van der Waals surface area contributed by atoms with E-state index < -0.39 is 0 Å². The summed E-state index contributed by atoms with van der Waals surface area (Å²) in [6.45, 7) is 1.96. The maximum atomic E-state index is 12.5. The quantitative estimate of drug-likeness (QED) is 0.604. The number of anilines is 3. The third kappa shape index (κ3) is 3.84. The van der Waals surface area contributed by atoms with Crippen molar-refractivity contribution in [2.45, 2.75) is 6.92 Å². The first kappa shape index (κ1) is 16.3. The number of hydrogen-bond donors (Lipinski definition) is 2. The zero-order valence-electron chi connectivity index (χ0n) is 13.2. The van der Waals surface area contributed by atoms with Crippen LogP contribution in [0.3, 0.4) is 0 Å². The summed E-state index contributed by atoms with van der Waals surface area (Å²) in [5.74, 6) is -0.132. The van der Waals surface area contributed by atoms with Crippen molar-refractivity contribution in [3.63, 3.8) is 0 Å². The molecule has 0 saturated carbocycles. The number of amides is 1. The highest BCUT2D eigenvalue weighted by Gasteiger charge is 2.10.